The summed E-state index contributed by atoms with van der Waals surface area (Å²) in [6.45, 7) is 0. The van der Waals surface area contributed by atoms with Gasteiger partial charge in [-0.25, -0.2) is 0 Å². The van der Waals surface area contributed by atoms with Gasteiger partial charge in [0.15, 0.2) is 5.16 Å². The number of nitrogen functional groups attached to an aromatic ring is 1. The molecule has 0 atom stereocenters. The number of benzene rings is 1. The molecule has 0 bridgehead atoms. The smallest absolute Gasteiger partial charge is 0.237 e. The highest BCUT2D eigenvalue weighted by Crippen LogP contribution is 2.26. The van der Waals surface area contributed by atoms with Crippen molar-refractivity contribution in [1.29, 1.82) is 0 Å². The zero-order valence-corrected chi connectivity index (χ0v) is 12.6. The normalized spacial score (nSPS) is 11.0. The van der Waals surface area contributed by atoms with Crippen LogP contribution in [-0.4, -0.2) is 24.9 Å². The molecule has 0 radical (unpaired) electrons. The standard InChI is InChI=1S/C12H11ClN6OS/c1-19-11(14)16-17-12(19)21-6-9-15-10(18-20-9)7-4-2-3-5-8(7)13/h2-5H,6H2,1H3,(H2,14,16). The molecule has 0 aliphatic carbocycles. The first-order valence-corrected chi connectivity index (χ1v) is 7.36. The maximum absolute atomic E-state index is 6.10. The summed E-state index contributed by atoms with van der Waals surface area (Å²) in [6.07, 6.45) is 0. The Hall–Kier alpha value is -2.06. The summed E-state index contributed by atoms with van der Waals surface area (Å²) < 4.78 is 6.90. The lowest BCUT2D eigenvalue weighted by molar-refractivity contribution is 0.391. The Bertz CT molecular complexity index is 771. The lowest BCUT2D eigenvalue weighted by atomic mass is 10.2. The summed E-state index contributed by atoms with van der Waals surface area (Å²) in [5.41, 5.74) is 6.35. The fraction of sp³-hybridized carbons (Fsp3) is 0.167. The van der Waals surface area contributed by atoms with Crippen LogP contribution in [0.1, 0.15) is 5.89 Å². The molecule has 0 saturated carbocycles. The zero-order chi connectivity index (χ0) is 14.8. The fourth-order valence-electron chi connectivity index (χ4n) is 1.64. The van der Waals surface area contributed by atoms with Gasteiger partial charge < -0.3 is 10.3 Å². The molecule has 0 amide bonds. The maximum Gasteiger partial charge on any atom is 0.237 e. The number of anilines is 1. The SMILES string of the molecule is Cn1c(N)nnc1SCc1nc(-c2ccccc2Cl)no1. The quantitative estimate of drug-likeness (QED) is 0.737. The maximum atomic E-state index is 6.10. The molecule has 2 aromatic heterocycles. The van der Waals surface area contributed by atoms with Crippen LogP contribution >= 0.6 is 23.4 Å². The van der Waals surface area contributed by atoms with Gasteiger partial charge in [0.05, 0.1) is 10.8 Å². The Labute approximate surface area is 129 Å². The fourth-order valence-corrected chi connectivity index (χ4v) is 2.62. The van der Waals surface area contributed by atoms with E-state index in [0.717, 1.165) is 5.56 Å². The first-order valence-electron chi connectivity index (χ1n) is 6.00. The Morgan fingerprint density at radius 2 is 2.14 bits per heavy atom. The number of halogens is 1. The number of aromatic nitrogens is 5. The van der Waals surface area contributed by atoms with Crippen molar-refractivity contribution in [2.75, 3.05) is 5.73 Å². The second-order valence-corrected chi connectivity index (χ2v) is 5.53. The average Bonchev–Trinajstić information content (AvgIpc) is 3.06. The molecule has 2 N–H and O–H groups in total. The first-order chi connectivity index (χ1) is 10.1. The Balaban J connectivity index is 1.74. The largest absolute Gasteiger partial charge is 0.368 e. The molecule has 2 heterocycles. The minimum Gasteiger partial charge on any atom is -0.368 e. The molecule has 0 spiro atoms. The van der Waals surface area contributed by atoms with Crippen LogP contribution < -0.4 is 5.73 Å². The number of nitrogens with zero attached hydrogens (tertiary/aromatic N) is 5. The van der Waals surface area contributed by atoms with Crippen LogP contribution in [0.15, 0.2) is 33.9 Å². The molecule has 3 rings (SSSR count). The van der Waals surface area contributed by atoms with Gasteiger partial charge in [-0.2, -0.15) is 4.98 Å². The molecule has 7 nitrogen and oxygen atoms in total. The average molecular weight is 323 g/mol. The summed E-state index contributed by atoms with van der Waals surface area (Å²) in [4.78, 5) is 4.32. The highest BCUT2D eigenvalue weighted by Gasteiger charge is 2.13. The summed E-state index contributed by atoms with van der Waals surface area (Å²) in [6, 6.07) is 7.34. The molecule has 0 saturated heterocycles. The topological polar surface area (TPSA) is 95.7 Å². The van der Waals surface area contributed by atoms with Crippen LogP contribution in [0.5, 0.6) is 0 Å². The van der Waals surface area contributed by atoms with Crippen molar-refractivity contribution in [2.45, 2.75) is 10.9 Å². The van der Waals surface area contributed by atoms with Crippen molar-refractivity contribution in [3.8, 4) is 11.4 Å². The third-order valence-electron chi connectivity index (χ3n) is 2.78. The summed E-state index contributed by atoms with van der Waals surface area (Å²) in [5, 5.41) is 12.9. The highest BCUT2D eigenvalue weighted by atomic mass is 35.5. The molecule has 0 aliphatic heterocycles. The van der Waals surface area contributed by atoms with E-state index in [1.54, 1.807) is 17.7 Å². The Morgan fingerprint density at radius 1 is 1.33 bits per heavy atom. The van der Waals surface area contributed by atoms with Gasteiger partial charge in [0.1, 0.15) is 0 Å². The minimum atomic E-state index is 0.361. The molecule has 0 unspecified atom stereocenters. The molecule has 0 aliphatic rings. The van der Waals surface area contributed by atoms with Gasteiger partial charge in [0, 0.05) is 12.6 Å². The molecule has 108 valence electrons. The third kappa shape index (κ3) is 2.86. The molecule has 3 aromatic rings. The van der Waals surface area contributed by atoms with Crippen LogP contribution in [-0.2, 0) is 12.8 Å². The van der Waals surface area contributed by atoms with Gasteiger partial charge in [-0.15, -0.1) is 10.2 Å². The van der Waals surface area contributed by atoms with Gasteiger partial charge >= 0.3 is 0 Å². The second kappa shape index (κ2) is 5.74. The van der Waals surface area contributed by atoms with Crippen LogP contribution in [0, 0.1) is 0 Å². The monoisotopic (exact) mass is 322 g/mol. The number of nitrogens with two attached hydrogens (primary N) is 1. The van der Waals surface area contributed by atoms with Crippen LogP contribution in [0.25, 0.3) is 11.4 Å². The van der Waals surface area contributed by atoms with Crippen LogP contribution in [0.4, 0.5) is 5.95 Å². The minimum absolute atomic E-state index is 0.361. The number of rotatable bonds is 4. The lowest BCUT2D eigenvalue weighted by Crippen LogP contribution is -1.98. The van der Waals surface area contributed by atoms with Crippen molar-refractivity contribution in [1.82, 2.24) is 24.9 Å². The number of thioether (sulfide) groups is 1. The van der Waals surface area contributed by atoms with E-state index in [9.17, 15) is 0 Å². The van der Waals surface area contributed by atoms with Crippen LogP contribution in [0.2, 0.25) is 5.02 Å². The van der Waals surface area contributed by atoms with E-state index in [2.05, 4.69) is 20.3 Å². The molecule has 1 aromatic carbocycles. The van der Waals surface area contributed by atoms with Gasteiger partial charge in [-0.1, -0.05) is 40.7 Å². The van der Waals surface area contributed by atoms with Crippen molar-refractivity contribution < 1.29 is 4.52 Å². The van der Waals surface area contributed by atoms with E-state index in [-0.39, 0.29) is 0 Å². The molecule has 9 heteroatoms. The van der Waals surface area contributed by atoms with Crippen molar-refractivity contribution >= 4 is 29.3 Å². The number of hydrogen-bond acceptors (Lipinski definition) is 7. The summed E-state index contributed by atoms with van der Waals surface area (Å²) in [7, 11) is 1.79. The predicted octanol–water partition coefficient (Wildman–Crippen LogP) is 2.39. The van der Waals surface area contributed by atoms with Crippen molar-refractivity contribution in [3.63, 3.8) is 0 Å². The van der Waals surface area contributed by atoms with Crippen LogP contribution in [0.3, 0.4) is 0 Å². The second-order valence-electron chi connectivity index (χ2n) is 4.18. The summed E-state index contributed by atoms with van der Waals surface area (Å²) >= 11 is 7.52. The van der Waals surface area contributed by atoms with E-state index in [4.69, 9.17) is 21.9 Å². The summed E-state index contributed by atoms with van der Waals surface area (Å²) in [5.74, 6) is 1.79. The van der Waals surface area contributed by atoms with Gasteiger partial charge in [-0.05, 0) is 12.1 Å². The lowest BCUT2D eigenvalue weighted by Gasteiger charge is -1.98. The third-order valence-corrected chi connectivity index (χ3v) is 4.11. The molecular formula is C12H11ClN6OS. The van der Waals surface area contributed by atoms with Gasteiger partial charge in [0.25, 0.3) is 0 Å². The Morgan fingerprint density at radius 3 is 2.86 bits per heavy atom. The van der Waals surface area contributed by atoms with E-state index < -0.39 is 0 Å². The highest BCUT2D eigenvalue weighted by molar-refractivity contribution is 7.98. The molecule has 0 fully saturated rings. The van der Waals surface area contributed by atoms with E-state index in [1.165, 1.54) is 11.8 Å². The number of hydrogen-bond donors (Lipinski definition) is 1. The zero-order valence-electron chi connectivity index (χ0n) is 11.0. The van der Waals surface area contributed by atoms with Gasteiger partial charge in [0.2, 0.25) is 17.7 Å². The van der Waals surface area contributed by atoms with Gasteiger partial charge in [-0.3, -0.25) is 4.57 Å². The predicted molar refractivity (Wildman–Crippen MR) is 79.7 cm³/mol. The first kappa shape index (κ1) is 13.9. The van der Waals surface area contributed by atoms with Crippen molar-refractivity contribution in [2.24, 2.45) is 7.05 Å². The van der Waals surface area contributed by atoms with E-state index >= 15 is 0 Å². The molecule has 21 heavy (non-hydrogen) atoms. The van der Waals surface area contributed by atoms with E-state index in [0.29, 0.717) is 33.6 Å². The Kier molecular flexibility index (Phi) is 3.80. The van der Waals surface area contributed by atoms with Crippen molar-refractivity contribution in [3.05, 3.63) is 35.2 Å². The van der Waals surface area contributed by atoms with E-state index in [1.807, 2.05) is 18.2 Å². The molecular weight excluding hydrogens is 312 g/mol.